The monoisotopic (exact) mass is 425 g/mol. The maximum atomic E-state index is 13.1. The van der Waals surface area contributed by atoms with Crippen molar-refractivity contribution in [3.63, 3.8) is 0 Å². The van der Waals surface area contributed by atoms with Crippen LogP contribution in [0, 0.1) is 11.7 Å². The van der Waals surface area contributed by atoms with Crippen molar-refractivity contribution < 1.29 is 13.9 Å². The molecular weight excluding hydrogens is 401 g/mol. The topological polar surface area (TPSA) is 84.4 Å². The molecule has 0 amide bonds. The molecule has 2 heterocycles. The van der Waals surface area contributed by atoms with Gasteiger partial charge in [0.25, 0.3) is 5.56 Å². The van der Waals surface area contributed by atoms with Crippen molar-refractivity contribution >= 4 is 16.7 Å². The van der Waals surface area contributed by atoms with Crippen molar-refractivity contribution in [3.8, 4) is 5.75 Å². The molecule has 0 bridgehead atoms. The van der Waals surface area contributed by atoms with Crippen molar-refractivity contribution in [2.45, 2.75) is 19.4 Å². The number of hydrogen-bond donors (Lipinski definition) is 1. The Bertz CT molecular complexity index is 1210. The number of likely N-dealkylation sites (tertiary alicyclic amines) is 1. The number of ketones is 1. The molecule has 1 saturated heterocycles. The second-order valence-electron chi connectivity index (χ2n) is 7.79. The number of benzene rings is 2. The third-order valence-electron chi connectivity index (χ3n) is 5.92. The van der Waals surface area contributed by atoms with Crippen LogP contribution in [0.3, 0.4) is 0 Å². The number of hydrogen-bond acceptors (Lipinski definition) is 5. The molecule has 162 valence electrons. The minimum atomic E-state index is -0.452. The van der Waals surface area contributed by atoms with E-state index < -0.39 is 5.69 Å². The number of aromatic nitrogens is 2. The third kappa shape index (κ3) is 4.44. The molecule has 0 spiro atoms. The smallest absolute Gasteiger partial charge is 0.328 e. The number of nitrogens with zero attached hydrogens (tertiary/aromatic N) is 2. The van der Waals surface area contributed by atoms with Gasteiger partial charge in [-0.3, -0.25) is 14.2 Å². The Morgan fingerprint density at radius 1 is 1.10 bits per heavy atom. The molecule has 2 aromatic carbocycles. The molecule has 1 aromatic heterocycles. The molecule has 4 rings (SSSR count). The van der Waals surface area contributed by atoms with E-state index in [1.807, 2.05) is 0 Å². The van der Waals surface area contributed by atoms with Crippen LogP contribution in [-0.2, 0) is 6.54 Å². The number of halogens is 1. The Balaban J connectivity index is 1.39. The SMILES string of the molecule is COc1ccc2c(=O)n(CCN3CCC(C(=O)c4ccc(F)cc4)CC3)c(=O)[nH]c2c1. The lowest BCUT2D eigenvalue weighted by atomic mass is 9.89. The summed E-state index contributed by atoms with van der Waals surface area (Å²) < 4.78 is 19.4. The molecule has 3 aromatic rings. The Labute approximate surface area is 178 Å². The minimum Gasteiger partial charge on any atom is -0.497 e. The van der Waals surface area contributed by atoms with Gasteiger partial charge in [0.2, 0.25) is 0 Å². The molecule has 0 atom stereocenters. The number of rotatable bonds is 6. The molecule has 7 nitrogen and oxygen atoms in total. The highest BCUT2D eigenvalue weighted by Crippen LogP contribution is 2.22. The van der Waals surface area contributed by atoms with Gasteiger partial charge >= 0.3 is 5.69 Å². The maximum absolute atomic E-state index is 13.1. The largest absolute Gasteiger partial charge is 0.497 e. The summed E-state index contributed by atoms with van der Waals surface area (Å²) in [6, 6.07) is 10.6. The summed E-state index contributed by atoms with van der Waals surface area (Å²) in [5.74, 6) is 0.156. The summed E-state index contributed by atoms with van der Waals surface area (Å²) in [4.78, 5) is 42.7. The first-order valence-corrected chi connectivity index (χ1v) is 10.3. The molecule has 1 N–H and O–H groups in total. The van der Waals surface area contributed by atoms with E-state index in [0.29, 0.717) is 54.7 Å². The number of carbonyl (C=O) groups is 1. The Hall–Kier alpha value is -3.26. The average molecular weight is 425 g/mol. The Morgan fingerprint density at radius 3 is 2.48 bits per heavy atom. The van der Waals surface area contributed by atoms with Crippen molar-refractivity contribution in [2.24, 2.45) is 5.92 Å². The first-order chi connectivity index (χ1) is 15.0. The zero-order valence-electron chi connectivity index (χ0n) is 17.3. The highest BCUT2D eigenvalue weighted by Gasteiger charge is 2.25. The van der Waals surface area contributed by atoms with Gasteiger partial charge in [-0.15, -0.1) is 0 Å². The van der Waals surface area contributed by atoms with E-state index in [1.165, 1.54) is 35.9 Å². The summed E-state index contributed by atoms with van der Waals surface area (Å²) in [6.45, 7) is 2.22. The molecular formula is C23H24FN3O4. The summed E-state index contributed by atoms with van der Waals surface area (Å²) >= 11 is 0. The quantitative estimate of drug-likeness (QED) is 0.614. The summed E-state index contributed by atoms with van der Waals surface area (Å²) in [5.41, 5.74) is 0.200. The molecule has 1 aliphatic heterocycles. The second-order valence-corrected chi connectivity index (χ2v) is 7.79. The van der Waals surface area contributed by atoms with Gasteiger partial charge in [-0.2, -0.15) is 0 Å². The number of Topliss-reactive ketones (excluding diaryl/α,β-unsaturated/α-hetero) is 1. The number of ether oxygens (including phenoxy) is 1. The fourth-order valence-electron chi connectivity index (χ4n) is 4.07. The minimum absolute atomic E-state index is 0.0391. The highest BCUT2D eigenvalue weighted by molar-refractivity contribution is 5.97. The van der Waals surface area contributed by atoms with Crippen LogP contribution < -0.4 is 16.0 Å². The van der Waals surface area contributed by atoms with Gasteiger partial charge in [0, 0.05) is 30.6 Å². The van der Waals surface area contributed by atoms with Gasteiger partial charge in [-0.25, -0.2) is 9.18 Å². The molecule has 0 radical (unpaired) electrons. The van der Waals surface area contributed by atoms with Crippen LogP contribution in [0.25, 0.3) is 10.9 Å². The predicted octanol–water partition coefficient (Wildman–Crippen LogP) is 2.43. The van der Waals surface area contributed by atoms with Gasteiger partial charge in [-0.1, -0.05) is 0 Å². The van der Waals surface area contributed by atoms with E-state index in [-0.39, 0.29) is 29.6 Å². The van der Waals surface area contributed by atoms with Crippen LogP contribution in [0.4, 0.5) is 4.39 Å². The number of fused-ring (bicyclic) bond motifs is 1. The molecule has 0 unspecified atom stereocenters. The maximum Gasteiger partial charge on any atom is 0.328 e. The first-order valence-electron chi connectivity index (χ1n) is 10.3. The number of methoxy groups -OCH3 is 1. The number of aromatic amines is 1. The van der Waals surface area contributed by atoms with Crippen LogP contribution in [-0.4, -0.2) is 47.0 Å². The lowest BCUT2D eigenvalue weighted by Crippen LogP contribution is -2.42. The van der Waals surface area contributed by atoms with Crippen molar-refractivity contribution in [1.29, 1.82) is 0 Å². The Kier molecular flexibility index (Phi) is 5.99. The van der Waals surface area contributed by atoms with Crippen LogP contribution in [0.5, 0.6) is 5.75 Å². The lowest BCUT2D eigenvalue weighted by Gasteiger charge is -2.31. The van der Waals surface area contributed by atoms with Crippen LogP contribution in [0.1, 0.15) is 23.2 Å². The van der Waals surface area contributed by atoms with Crippen molar-refractivity contribution in [2.75, 3.05) is 26.7 Å². The first kappa shape index (κ1) is 21.0. The summed E-state index contributed by atoms with van der Waals surface area (Å²) in [6.07, 6.45) is 1.39. The average Bonchev–Trinajstić information content (AvgIpc) is 2.79. The third-order valence-corrected chi connectivity index (χ3v) is 5.92. The molecule has 0 saturated carbocycles. The van der Waals surface area contributed by atoms with Crippen LogP contribution in [0.2, 0.25) is 0 Å². The normalized spacial score (nSPS) is 15.3. The molecule has 1 aliphatic rings. The van der Waals surface area contributed by atoms with Gasteiger partial charge in [0.15, 0.2) is 5.78 Å². The molecule has 31 heavy (non-hydrogen) atoms. The highest BCUT2D eigenvalue weighted by atomic mass is 19.1. The molecule has 8 heteroatoms. The second kappa shape index (κ2) is 8.85. The van der Waals surface area contributed by atoms with Crippen molar-refractivity contribution in [1.82, 2.24) is 14.5 Å². The molecule has 0 aliphatic carbocycles. The standard InChI is InChI=1S/C23H24FN3O4/c1-31-18-6-7-19-20(14-18)25-23(30)27(22(19)29)13-12-26-10-8-16(9-11-26)21(28)15-2-4-17(24)5-3-15/h2-7,14,16H,8-13H2,1H3,(H,25,30). The van der Waals surface area contributed by atoms with Gasteiger partial charge in [0.1, 0.15) is 11.6 Å². The molecule has 1 fully saturated rings. The van der Waals surface area contributed by atoms with Crippen LogP contribution in [0.15, 0.2) is 52.1 Å². The predicted molar refractivity (Wildman–Crippen MR) is 115 cm³/mol. The van der Waals surface area contributed by atoms with E-state index in [1.54, 1.807) is 18.2 Å². The number of carbonyl (C=O) groups excluding carboxylic acids is 1. The Morgan fingerprint density at radius 2 is 1.81 bits per heavy atom. The van der Waals surface area contributed by atoms with Crippen LogP contribution >= 0.6 is 0 Å². The lowest BCUT2D eigenvalue weighted by molar-refractivity contribution is 0.0837. The van der Waals surface area contributed by atoms with E-state index >= 15 is 0 Å². The van der Waals surface area contributed by atoms with Crippen molar-refractivity contribution in [3.05, 3.63) is 74.7 Å². The number of H-pyrrole nitrogens is 1. The zero-order valence-corrected chi connectivity index (χ0v) is 17.3. The van der Waals surface area contributed by atoms with E-state index in [4.69, 9.17) is 4.74 Å². The van der Waals surface area contributed by atoms with Gasteiger partial charge < -0.3 is 14.6 Å². The zero-order chi connectivity index (χ0) is 22.0. The van der Waals surface area contributed by atoms with E-state index in [9.17, 15) is 18.8 Å². The fourth-order valence-corrected chi connectivity index (χ4v) is 4.07. The summed E-state index contributed by atoms with van der Waals surface area (Å²) in [5, 5.41) is 0.434. The fraction of sp³-hybridized carbons (Fsp3) is 0.348. The van der Waals surface area contributed by atoms with E-state index in [2.05, 4.69) is 9.88 Å². The van der Waals surface area contributed by atoms with E-state index in [0.717, 1.165) is 0 Å². The number of piperidine rings is 1. The summed E-state index contributed by atoms with van der Waals surface area (Å²) in [7, 11) is 1.52. The van der Waals surface area contributed by atoms with Gasteiger partial charge in [-0.05, 0) is 62.3 Å². The number of nitrogens with one attached hydrogen (secondary N) is 1. The van der Waals surface area contributed by atoms with Gasteiger partial charge in [0.05, 0.1) is 18.0 Å².